The number of aromatic nitrogens is 3. The number of aryl methyl sites for hydroxylation is 2. The number of benzene rings is 1. The maximum absolute atomic E-state index is 12.4. The van der Waals surface area contributed by atoms with Gasteiger partial charge in [0.05, 0.1) is 55.8 Å². The lowest BCUT2D eigenvalue weighted by Crippen LogP contribution is -2.51. The van der Waals surface area contributed by atoms with Crippen molar-refractivity contribution >= 4 is 31.5 Å². The van der Waals surface area contributed by atoms with E-state index in [-0.39, 0.29) is 11.1 Å². The van der Waals surface area contributed by atoms with Gasteiger partial charge in [0.25, 0.3) is 0 Å². The number of nitrogens with one attached hydrogen (secondary N) is 2. The SMILES string of the molecule is Cc1ccc(NC(=O)Nc2cncc(-c3ccc(N4CCOCC4CO[Si](C)(C)C(C)(C)C)c(C)c3)n2)cn1. The molecule has 1 aliphatic heterocycles. The largest absolute Gasteiger partial charge is 0.415 e. The Bertz CT molecular complexity index is 1290. The van der Waals surface area contributed by atoms with Crippen LogP contribution in [0.15, 0.2) is 48.9 Å². The minimum atomic E-state index is -1.86. The molecule has 1 atom stereocenters. The monoisotopic (exact) mass is 548 g/mol. The van der Waals surface area contributed by atoms with E-state index >= 15 is 0 Å². The van der Waals surface area contributed by atoms with Gasteiger partial charge in [-0.25, -0.2) is 9.78 Å². The number of urea groups is 1. The van der Waals surface area contributed by atoms with Crippen LogP contribution in [0.5, 0.6) is 0 Å². The number of ether oxygens (including phenoxy) is 1. The molecule has 1 saturated heterocycles. The van der Waals surface area contributed by atoms with Gasteiger partial charge in [0, 0.05) is 23.5 Å². The molecule has 4 rings (SSSR count). The minimum absolute atomic E-state index is 0.159. The van der Waals surface area contributed by atoms with E-state index in [0.29, 0.717) is 37.0 Å². The third-order valence-electron chi connectivity index (χ3n) is 7.52. The van der Waals surface area contributed by atoms with E-state index in [4.69, 9.17) is 9.16 Å². The lowest BCUT2D eigenvalue weighted by atomic mass is 10.0. The van der Waals surface area contributed by atoms with E-state index in [9.17, 15) is 4.79 Å². The molecule has 0 radical (unpaired) electrons. The number of morpholine rings is 1. The Labute approximate surface area is 232 Å². The molecule has 1 aliphatic rings. The van der Waals surface area contributed by atoms with Crippen molar-refractivity contribution in [2.45, 2.75) is 58.8 Å². The van der Waals surface area contributed by atoms with Crippen molar-refractivity contribution in [2.24, 2.45) is 0 Å². The minimum Gasteiger partial charge on any atom is -0.415 e. The summed E-state index contributed by atoms with van der Waals surface area (Å²) in [6, 6.07) is 9.69. The van der Waals surface area contributed by atoms with E-state index in [2.05, 4.69) is 89.5 Å². The molecule has 3 heterocycles. The standard InChI is InChI=1S/C29H40N6O3Si/c1-20-14-22(25-16-30-17-27(33-25)34-28(36)32-23-10-8-21(2)31-15-23)9-11-26(20)35-12-13-37-18-24(35)19-38-39(6,7)29(3,4)5/h8-11,14-17,24H,12-13,18-19H2,1-7H3,(H2,32,33,34,36). The van der Waals surface area contributed by atoms with Crippen LogP contribution in [0.2, 0.25) is 18.1 Å². The fraction of sp³-hybridized carbons (Fsp3) is 0.448. The molecule has 10 heteroatoms. The molecule has 1 unspecified atom stereocenters. The molecule has 39 heavy (non-hydrogen) atoms. The van der Waals surface area contributed by atoms with Gasteiger partial charge in [0.2, 0.25) is 0 Å². The Morgan fingerprint density at radius 1 is 1.13 bits per heavy atom. The van der Waals surface area contributed by atoms with Crippen LogP contribution >= 0.6 is 0 Å². The predicted molar refractivity (Wildman–Crippen MR) is 159 cm³/mol. The molecule has 208 valence electrons. The Morgan fingerprint density at radius 2 is 1.92 bits per heavy atom. The van der Waals surface area contributed by atoms with Gasteiger partial charge in [-0.1, -0.05) is 26.8 Å². The normalized spacial score (nSPS) is 16.2. The number of hydrogen-bond acceptors (Lipinski definition) is 7. The van der Waals surface area contributed by atoms with Crippen LogP contribution in [0, 0.1) is 13.8 Å². The highest BCUT2D eigenvalue weighted by Crippen LogP contribution is 2.37. The van der Waals surface area contributed by atoms with Gasteiger partial charge < -0.3 is 19.4 Å². The topological polar surface area (TPSA) is 102 Å². The first kappa shape index (κ1) is 28.7. The molecule has 0 bridgehead atoms. The second-order valence-electron chi connectivity index (χ2n) is 11.6. The van der Waals surface area contributed by atoms with Gasteiger partial charge in [-0.15, -0.1) is 0 Å². The van der Waals surface area contributed by atoms with Gasteiger partial charge in [0.15, 0.2) is 14.1 Å². The average molecular weight is 549 g/mol. The average Bonchev–Trinajstić information content (AvgIpc) is 2.88. The fourth-order valence-electron chi connectivity index (χ4n) is 4.15. The first-order chi connectivity index (χ1) is 18.4. The smallest absolute Gasteiger partial charge is 0.324 e. The molecule has 1 fully saturated rings. The van der Waals surface area contributed by atoms with Crippen LogP contribution in [0.4, 0.5) is 22.0 Å². The number of carbonyl (C=O) groups excluding carboxylic acids is 1. The van der Waals surface area contributed by atoms with E-state index in [1.54, 1.807) is 18.5 Å². The van der Waals surface area contributed by atoms with Gasteiger partial charge >= 0.3 is 6.03 Å². The van der Waals surface area contributed by atoms with Crippen molar-refractivity contribution in [3.05, 3.63) is 60.2 Å². The zero-order valence-electron chi connectivity index (χ0n) is 24.0. The summed E-state index contributed by atoms with van der Waals surface area (Å²) in [5.74, 6) is 0.364. The summed E-state index contributed by atoms with van der Waals surface area (Å²) in [6.45, 7) is 18.2. The lowest BCUT2D eigenvalue weighted by Gasteiger charge is -2.42. The van der Waals surface area contributed by atoms with Gasteiger partial charge in [-0.3, -0.25) is 15.3 Å². The van der Waals surface area contributed by atoms with Crippen molar-refractivity contribution < 1.29 is 14.0 Å². The van der Waals surface area contributed by atoms with Gasteiger partial charge in [-0.2, -0.15) is 0 Å². The predicted octanol–water partition coefficient (Wildman–Crippen LogP) is 6.03. The van der Waals surface area contributed by atoms with E-state index in [1.165, 1.54) is 11.9 Å². The molecular formula is C29H40N6O3Si. The highest BCUT2D eigenvalue weighted by atomic mass is 28.4. The summed E-state index contributed by atoms with van der Waals surface area (Å²) in [5, 5.41) is 5.67. The van der Waals surface area contributed by atoms with Crippen molar-refractivity contribution in [1.82, 2.24) is 15.0 Å². The molecule has 3 aromatic rings. The number of nitrogens with zero attached hydrogens (tertiary/aromatic N) is 4. The summed E-state index contributed by atoms with van der Waals surface area (Å²) in [5.41, 5.74) is 5.39. The molecule has 2 aromatic heterocycles. The Kier molecular flexibility index (Phi) is 8.68. The van der Waals surface area contributed by atoms with Crippen LogP contribution < -0.4 is 15.5 Å². The van der Waals surface area contributed by atoms with Gasteiger partial charge in [0.1, 0.15) is 0 Å². The zero-order valence-corrected chi connectivity index (χ0v) is 25.0. The maximum atomic E-state index is 12.4. The molecular weight excluding hydrogens is 508 g/mol. The molecule has 2 amide bonds. The molecule has 2 N–H and O–H groups in total. The summed E-state index contributed by atoms with van der Waals surface area (Å²) in [7, 11) is -1.86. The number of carbonyl (C=O) groups is 1. The van der Waals surface area contributed by atoms with Crippen LogP contribution in [0.3, 0.4) is 0 Å². The van der Waals surface area contributed by atoms with Crippen molar-refractivity contribution in [1.29, 1.82) is 0 Å². The molecule has 9 nitrogen and oxygen atoms in total. The molecule has 0 saturated carbocycles. The van der Waals surface area contributed by atoms with E-state index in [1.807, 2.05) is 13.0 Å². The number of amides is 2. The number of pyridine rings is 1. The van der Waals surface area contributed by atoms with Crippen LogP contribution in [0.1, 0.15) is 32.0 Å². The molecule has 0 spiro atoms. The highest BCUT2D eigenvalue weighted by molar-refractivity contribution is 6.74. The van der Waals surface area contributed by atoms with E-state index < -0.39 is 14.3 Å². The lowest BCUT2D eigenvalue weighted by molar-refractivity contribution is 0.0744. The van der Waals surface area contributed by atoms with Crippen molar-refractivity contribution in [3.63, 3.8) is 0 Å². The van der Waals surface area contributed by atoms with Crippen LogP contribution in [-0.2, 0) is 9.16 Å². The highest BCUT2D eigenvalue weighted by Gasteiger charge is 2.38. The fourth-order valence-corrected chi connectivity index (χ4v) is 5.20. The summed E-state index contributed by atoms with van der Waals surface area (Å²) in [4.78, 5) is 28.0. The Morgan fingerprint density at radius 3 is 2.62 bits per heavy atom. The zero-order chi connectivity index (χ0) is 28.2. The molecule has 1 aromatic carbocycles. The Hall–Kier alpha value is -3.34. The van der Waals surface area contributed by atoms with Crippen LogP contribution in [-0.4, -0.2) is 61.7 Å². The second kappa shape index (κ2) is 11.8. The van der Waals surface area contributed by atoms with Gasteiger partial charge in [-0.05, 0) is 61.8 Å². The second-order valence-corrected chi connectivity index (χ2v) is 16.4. The first-order valence-electron chi connectivity index (χ1n) is 13.3. The quantitative estimate of drug-likeness (QED) is 0.348. The first-order valence-corrected chi connectivity index (χ1v) is 16.3. The number of rotatable bonds is 7. The van der Waals surface area contributed by atoms with E-state index in [0.717, 1.165) is 23.4 Å². The van der Waals surface area contributed by atoms with Crippen LogP contribution in [0.25, 0.3) is 11.3 Å². The maximum Gasteiger partial charge on any atom is 0.324 e. The third kappa shape index (κ3) is 7.20. The van der Waals surface area contributed by atoms with Crippen molar-refractivity contribution in [2.75, 3.05) is 41.9 Å². The summed E-state index contributed by atoms with van der Waals surface area (Å²) < 4.78 is 12.4. The number of anilines is 3. The third-order valence-corrected chi connectivity index (χ3v) is 12.0. The number of hydrogen-bond donors (Lipinski definition) is 2. The summed E-state index contributed by atoms with van der Waals surface area (Å²) >= 11 is 0. The summed E-state index contributed by atoms with van der Waals surface area (Å²) in [6.07, 6.45) is 4.84. The van der Waals surface area contributed by atoms with Crippen molar-refractivity contribution in [3.8, 4) is 11.3 Å². The molecule has 0 aliphatic carbocycles. The Balaban J connectivity index is 1.46.